The largest absolute Gasteiger partial charge is 0.0813 e. The van der Waals surface area contributed by atoms with Crippen LogP contribution in [0.3, 0.4) is 0 Å². The SMILES string of the molecule is [CH]1CC2CC1C=C2Cc1ccccc1. The van der Waals surface area contributed by atoms with Crippen LogP contribution in [0.5, 0.6) is 0 Å². The molecule has 1 aromatic carbocycles. The molecule has 0 spiro atoms. The highest BCUT2D eigenvalue weighted by Gasteiger charge is 2.32. The smallest absolute Gasteiger partial charge is 0.00642 e. The zero-order valence-corrected chi connectivity index (χ0v) is 8.32. The average molecular weight is 183 g/mol. The molecule has 0 N–H and O–H groups in total. The van der Waals surface area contributed by atoms with Crippen LogP contribution in [-0.4, -0.2) is 0 Å². The first-order valence-corrected chi connectivity index (χ1v) is 5.49. The molecule has 1 saturated carbocycles. The van der Waals surface area contributed by atoms with Crippen LogP contribution in [-0.2, 0) is 6.42 Å². The van der Waals surface area contributed by atoms with Crippen molar-refractivity contribution < 1.29 is 0 Å². The summed E-state index contributed by atoms with van der Waals surface area (Å²) in [6, 6.07) is 10.8. The van der Waals surface area contributed by atoms with Crippen LogP contribution in [0, 0.1) is 18.3 Å². The van der Waals surface area contributed by atoms with E-state index in [-0.39, 0.29) is 0 Å². The summed E-state index contributed by atoms with van der Waals surface area (Å²) < 4.78 is 0. The third-order valence-corrected chi connectivity index (χ3v) is 3.48. The van der Waals surface area contributed by atoms with Crippen molar-refractivity contribution in [1.29, 1.82) is 0 Å². The number of hydrogen-bond acceptors (Lipinski definition) is 0. The molecule has 0 aromatic heterocycles. The van der Waals surface area contributed by atoms with Gasteiger partial charge in [-0.15, -0.1) is 0 Å². The first kappa shape index (κ1) is 8.28. The standard InChI is InChI=1S/C14H15/c1-2-4-11(5-3-1)8-14-10-12-6-7-13(14)9-12/h1-6,10,12-13H,7-9H2. The predicted octanol–water partition coefficient (Wildman–Crippen LogP) is 3.40. The summed E-state index contributed by atoms with van der Waals surface area (Å²) in [4.78, 5) is 0. The van der Waals surface area contributed by atoms with E-state index in [1.807, 2.05) is 0 Å². The molecule has 2 unspecified atom stereocenters. The van der Waals surface area contributed by atoms with E-state index in [2.05, 4.69) is 42.8 Å². The Morgan fingerprint density at radius 3 is 2.64 bits per heavy atom. The molecule has 2 atom stereocenters. The van der Waals surface area contributed by atoms with Gasteiger partial charge in [-0.3, -0.25) is 0 Å². The third kappa shape index (κ3) is 1.39. The van der Waals surface area contributed by atoms with E-state index in [1.165, 1.54) is 24.8 Å². The molecule has 0 nitrogen and oxygen atoms in total. The van der Waals surface area contributed by atoms with E-state index in [1.54, 1.807) is 5.57 Å². The van der Waals surface area contributed by atoms with Crippen molar-refractivity contribution in [1.82, 2.24) is 0 Å². The van der Waals surface area contributed by atoms with Gasteiger partial charge in [-0.1, -0.05) is 42.0 Å². The molecule has 0 heterocycles. The Morgan fingerprint density at radius 2 is 2.00 bits per heavy atom. The molecular weight excluding hydrogens is 168 g/mol. The maximum Gasteiger partial charge on any atom is -0.00642 e. The zero-order chi connectivity index (χ0) is 9.38. The molecule has 71 valence electrons. The van der Waals surface area contributed by atoms with E-state index >= 15 is 0 Å². The highest BCUT2D eigenvalue weighted by Crippen LogP contribution is 2.43. The summed E-state index contributed by atoms with van der Waals surface area (Å²) in [6.07, 6.45) is 8.85. The van der Waals surface area contributed by atoms with Gasteiger partial charge in [-0.05, 0) is 43.1 Å². The third-order valence-electron chi connectivity index (χ3n) is 3.48. The number of allylic oxidation sites excluding steroid dienone is 2. The molecule has 2 aliphatic rings. The Balaban J connectivity index is 1.77. The maximum absolute atomic E-state index is 2.49. The number of fused-ring (bicyclic) bond motifs is 2. The van der Waals surface area contributed by atoms with Crippen LogP contribution in [0.2, 0.25) is 0 Å². The van der Waals surface area contributed by atoms with Gasteiger partial charge in [0.1, 0.15) is 0 Å². The molecule has 0 heteroatoms. The first-order chi connectivity index (χ1) is 6.92. The summed E-state index contributed by atoms with van der Waals surface area (Å²) in [7, 11) is 0. The van der Waals surface area contributed by atoms with Crippen molar-refractivity contribution in [3.63, 3.8) is 0 Å². The van der Waals surface area contributed by atoms with Gasteiger partial charge in [0.2, 0.25) is 0 Å². The molecule has 2 aliphatic carbocycles. The van der Waals surface area contributed by atoms with Gasteiger partial charge >= 0.3 is 0 Å². The quantitative estimate of drug-likeness (QED) is 0.616. The van der Waals surface area contributed by atoms with Gasteiger partial charge in [0, 0.05) is 0 Å². The minimum atomic E-state index is 0.804. The summed E-state index contributed by atoms with van der Waals surface area (Å²) in [5.41, 5.74) is 3.15. The summed E-state index contributed by atoms with van der Waals surface area (Å²) in [5.74, 6) is 1.68. The van der Waals surface area contributed by atoms with Crippen molar-refractivity contribution in [3.8, 4) is 0 Å². The summed E-state index contributed by atoms with van der Waals surface area (Å²) >= 11 is 0. The van der Waals surface area contributed by atoms with Crippen molar-refractivity contribution >= 4 is 0 Å². The molecule has 0 aliphatic heterocycles. The van der Waals surface area contributed by atoms with E-state index in [0.29, 0.717) is 0 Å². The lowest BCUT2D eigenvalue weighted by Gasteiger charge is -2.12. The summed E-state index contributed by atoms with van der Waals surface area (Å²) in [6.45, 7) is 0. The summed E-state index contributed by atoms with van der Waals surface area (Å²) in [5, 5.41) is 0. The van der Waals surface area contributed by atoms with Crippen molar-refractivity contribution in [2.75, 3.05) is 0 Å². The fourth-order valence-corrected chi connectivity index (χ4v) is 2.74. The molecule has 1 fully saturated rings. The van der Waals surface area contributed by atoms with Gasteiger partial charge in [0.05, 0.1) is 0 Å². The minimum absolute atomic E-state index is 0.804. The maximum atomic E-state index is 2.49. The number of hydrogen-bond donors (Lipinski definition) is 0. The van der Waals surface area contributed by atoms with E-state index < -0.39 is 0 Å². The monoisotopic (exact) mass is 183 g/mol. The molecule has 1 aromatic rings. The second kappa shape index (κ2) is 3.27. The highest BCUT2D eigenvalue weighted by molar-refractivity contribution is 5.30. The van der Waals surface area contributed by atoms with Crippen molar-refractivity contribution in [3.05, 3.63) is 54.0 Å². The second-order valence-electron chi connectivity index (χ2n) is 4.47. The Labute approximate surface area is 85.6 Å². The molecule has 0 amide bonds. The predicted molar refractivity (Wildman–Crippen MR) is 58.7 cm³/mol. The molecule has 2 bridgehead atoms. The fraction of sp³-hybridized carbons (Fsp3) is 0.357. The van der Waals surface area contributed by atoms with Crippen LogP contribution in [0.4, 0.5) is 0 Å². The second-order valence-corrected chi connectivity index (χ2v) is 4.47. The van der Waals surface area contributed by atoms with E-state index in [0.717, 1.165) is 11.8 Å². The molecular formula is C14H15. The van der Waals surface area contributed by atoms with Gasteiger partial charge in [-0.2, -0.15) is 0 Å². The van der Waals surface area contributed by atoms with Crippen LogP contribution in [0.25, 0.3) is 0 Å². The van der Waals surface area contributed by atoms with Crippen LogP contribution < -0.4 is 0 Å². The Kier molecular flexibility index (Phi) is 1.93. The van der Waals surface area contributed by atoms with Crippen LogP contribution in [0.1, 0.15) is 18.4 Å². The first-order valence-electron chi connectivity index (χ1n) is 5.49. The van der Waals surface area contributed by atoms with Gasteiger partial charge < -0.3 is 0 Å². The van der Waals surface area contributed by atoms with Gasteiger partial charge in [-0.25, -0.2) is 0 Å². The lowest BCUT2D eigenvalue weighted by atomic mass is 9.93. The van der Waals surface area contributed by atoms with E-state index in [4.69, 9.17) is 0 Å². The normalized spacial score (nSPS) is 29.3. The number of rotatable bonds is 2. The number of benzene rings is 1. The lowest BCUT2D eigenvalue weighted by molar-refractivity contribution is 0.649. The molecule has 14 heavy (non-hydrogen) atoms. The molecule has 0 saturated heterocycles. The van der Waals surface area contributed by atoms with Gasteiger partial charge in [0.15, 0.2) is 0 Å². The minimum Gasteiger partial charge on any atom is -0.0813 e. The van der Waals surface area contributed by atoms with Crippen LogP contribution >= 0.6 is 0 Å². The van der Waals surface area contributed by atoms with Crippen molar-refractivity contribution in [2.24, 2.45) is 11.8 Å². The Morgan fingerprint density at radius 1 is 1.14 bits per heavy atom. The Hall–Kier alpha value is -1.04. The lowest BCUT2D eigenvalue weighted by Crippen LogP contribution is -2.00. The Bertz CT molecular complexity index is 348. The molecule has 1 radical (unpaired) electrons. The van der Waals surface area contributed by atoms with E-state index in [9.17, 15) is 0 Å². The van der Waals surface area contributed by atoms with Crippen LogP contribution in [0.15, 0.2) is 42.0 Å². The zero-order valence-electron chi connectivity index (χ0n) is 8.32. The fourth-order valence-electron chi connectivity index (χ4n) is 2.74. The van der Waals surface area contributed by atoms with Crippen molar-refractivity contribution in [2.45, 2.75) is 19.3 Å². The highest BCUT2D eigenvalue weighted by atomic mass is 14.4. The molecule has 3 rings (SSSR count). The average Bonchev–Trinajstić information content (AvgIpc) is 2.81. The van der Waals surface area contributed by atoms with Gasteiger partial charge in [0.25, 0.3) is 0 Å². The topological polar surface area (TPSA) is 0 Å².